The molecular weight excluding hydrogens is 333 g/mol. The number of aliphatic imine (C=N–C) groups is 1. The lowest BCUT2D eigenvalue weighted by molar-refractivity contribution is -0.182. The lowest BCUT2D eigenvalue weighted by Gasteiger charge is -2.31. The molecule has 0 atom stereocenters. The van der Waals surface area contributed by atoms with Crippen LogP contribution >= 0.6 is 0 Å². The Kier molecular flexibility index (Phi) is 6.95. The molecule has 2 rings (SSSR count). The van der Waals surface area contributed by atoms with E-state index in [9.17, 15) is 18.0 Å². The molecule has 144 valence electrons. The van der Waals surface area contributed by atoms with Crippen molar-refractivity contribution in [1.29, 1.82) is 0 Å². The first-order chi connectivity index (χ1) is 11.8. The van der Waals surface area contributed by atoms with Crippen molar-refractivity contribution in [3.63, 3.8) is 0 Å². The molecule has 8 heteroatoms. The Balaban J connectivity index is 1.91. The summed E-state index contributed by atoms with van der Waals surface area (Å²) in [6, 6.07) is 0.299. The van der Waals surface area contributed by atoms with E-state index in [0.29, 0.717) is 24.8 Å². The molecule has 0 aromatic carbocycles. The molecule has 0 radical (unpaired) electrons. The zero-order chi connectivity index (χ0) is 18.4. The molecule has 0 heterocycles. The fourth-order valence-corrected chi connectivity index (χ4v) is 3.44. The van der Waals surface area contributed by atoms with E-state index in [1.54, 1.807) is 14.1 Å². The van der Waals surface area contributed by atoms with Crippen molar-refractivity contribution in [3.05, 3.63) is 0 Å². The lowest BCUT2D eigenvalue weighted by Crippen LogP contribution is -2.48. The maximum atomic E-state index is 12.8. The second-order valence-electron chi connectivity index (χ2n) is 7.31. The van der Waals surface area contributed by atoms with Gasteiger partial charge in [-0.2, -0.15) is 13.2 Å². The van der Waals surface area contributed by atoms with Gasteiger partial charge in [0.1, 0.15) is 6.54 Å². The Hall–Kier alpha value is -1.47. The summed E-state index contributed by atoms with van der Waals surface area (Å²) >= 11 is 0. The summed E-state index contributed by atoms with van der Waals surface area (Å²) in [5, 5.41) is 6.59. The number of rotatable bonds is 4. The van der Waals surface area contributed by atoms with Crippen LogP contribution in [0.5, 0.6) is 0 Å². The van der Waals surface area contributed by atoms with Gasteiger partial charge >= 0.3 is 6.18 Å². The normalized spacial score (nSPS) is 25.7. The second kappa shape index (κ2) is 8.76. The number of alkyl halides is 3. The summed E-state index contributed by atoms with van der Waals surface area (Å²) in [4.78, 5) is 17.6. The van der Waals surface area contributed by atoms with Crippen molar-refractivity contribution in [3.8, 4) is 0 Å². The first-order valence-electron chi connectivity index (χ1n) is 9.10. The first kappa shape index (κ1) is 19.8. The van der Waals surface area contributed by atoms with E-state index in [-0.39, 0.29) is 31.3 Å². The standard InChI is InChI=1S/C17H29F3N4O/c1-24(2)15(25)11-21-16(22-13-5-3-4-6-13)23-14-9-7-12(8-10-14)17(18,19)20/h12-14H,3-11H2,1-2H3,(H2,21,22,23). The highest BCUT2D eigenvalue weighted by Crippen LogP contribution is 2.37. The van der Waals surface area contributed by atoms with Crippen molar-refractivity contribution in [1.82, 2.24) is 15.5 Å². The van der Waals surface area contributed by atoms with Gasteiger partial charge in [0.25, 0.3) is 0 Å². The van der Waals surface area contributed by atoms with Crippen LogP contribution in [-0.4, -0.2) is 55.7 Å². The van der Waals surface area contributed by atoms with E-state index in [2.05, 4.69) is 15.6 Å². The maximum absolute atomic E-state index is 12.8. The molecule has 2 aliphatic rings. The number of likely N-dealkylation sites (N-methyl/N-ethyl adjacent to an activating group) is 1. The molecule has 0 unspecified atom stereocenters. The number of hydrogen-bond acceptors (Lipinski definition) is 2. The number of amides is 1. The summed E-state index contributed by atoms with van der Waals surface area (Å²) in [6.07, 6.45) is 1.59. The molecule has 0 aliphatic heterocycles. The van der Waals surface area contributed by atoms with Crippen molar-refractivity contribution < 1.29 is 18.0 Å². The quantitative estimate of drug-likeness (QED) is 0.597. The largest absolute Gasteiger partial charge is 0.391 e. The Morgan fingerprint density at radius 3 is 2.00 bits per heavy atom. The summed E-state index contributed by atoms with van der Waals surface area (Å²) < 4.78 is 38.4. The van der Waals surface area contributed by atoms with Crippen LogP contribution in [0.25, 0.3) is 0 Å². The molecule has 0 saturated heterocycles. The van der Waals surface area contributed by atoms with Crippen molar-refractivity contribution in [2.45, 2.75) is 69.6 Å². The SMILES string of the molecule is CN(C)C(=O)CN=C(NC1CCCC1)NC1CCC(C(F)(F)F)CC1. The zero-order valence-corrected chi connectivity index (χ0v) is 15.0. The van der Waals surface area contributed by atoms with Crippen LogP contribution < -0.4 is 10.6 Å². The molecule has 0 aromatic heterocycles. The van der Waals surface area contributed by atoms with Crippen LogP contribution in [0.15, 0.2) is 4.99 Å². The van der Waals surface area contributed by atoms with Crippen LogP contribution in [0.4, 0.5) is 13.2 Å². The number of guanidine groups is 1. The Labute approximate surface area is 147 Å². The second-order valence-corrected chi connectivity index (χ2v) is 7.31. The Morgan fingerprint density at radius 1 is 1.00 bits per heavy atom. The van der Waals surface area contributed by atoms with Crippen molar-refractivity contribution in [2.75, 3.05) is 20.6 Å². The van der Waals surface area contributed by atoms with Gasteiger partial charge in [-0.25, -0.2) is 4.99 Å². The van der Waals surface area contributed by atoms with Gasteiger partial charge in [-0.05, 0) is 38.5 Å². The molecule has 1 amide bonds. The minimum Gasteiger partial charge on any atom is -0.354 e. The van der Waals surface area contributed by atoms with Crippen molar-refractivity contribution in [2.24, 2.45) is 10.9 Å². The predicted octanol–water partition coefficient (Wildman–Crippen LogP) is 2.67. The monoisotopic (exact) mass is 362 g/mol. The van der Waals surface area contributed by atoms with Crippen LogP contribution in [-0.2, 0) is 4.79 Å². The van der Waals surface area contributed by atoms with Crippen LogP contribution in [0.1, 0.15) is 51.4 Å². The molecule has 2 saturated carbocycles. The van der Waals surface area contributed by atoms with E-state index in [1.165, 1.54) is 4.90 Å². The van der Waals surface area contributed by atoms with Crippen LogP contribution in [0, 0.1) is 5.92 Å². The number of hydrogen-bond donors (Lipinski definition) is 2. The maximum Gasteiger partial charge on any atom is 0.391 e. The molecule has 2 N–H and O–H groups in total. The first-order valence-corrected chi connectivity index (χ1v) is 9.10. The average molecular weight is 362 g/mol. The van der Waals surface area contributed by atoms with E-state index in [0.717, 1.165) is 25.7 Å². The fourth-order valence-electron chi connectivity index (χ4n) is 3.44. The highest BCUT2D eigenvalue weighted by Gasteiger charge is 2.41. The average Bonchev–Trinajstić information content (AvgIpc) is 3.04. The number of carbonyl (C=O) groups excluding carboxylic acids is 1. The Bertz CT molecular complexity index is 465. The topological polar surface area (TPSA) is 56.7 Å². The van der Waals surface area contributed by atoms with Crippen LogP contribution in [0.2, 0.25) is 0 Å². The van der Waals surface area contributed by atoms with Gasteiger partial charge in [0, 0.05) is 26.2 Å². The van der Waals surface area contributed by atoms with E-state index >= 15 is 0 Å². The fraction of sp³-hybridized carbons (Fsp3) is 0.882. The molecule has 0 bridgehead atoms. The number of carbonyl (C=O) groups is 1. The molecule has 5 nitrogen and oxygen atoms in total. The van der Waals surface area contributed by atoms with E-state index in [4.69, 9.17) is 0 Å². The van der Waals surface area contributed by atoms with Crippen molar-refractivity contribution >= 4 is 11.9 Å². The van der Waals surface area contributed by atoms with Gasteiger partial charge in [0.05, 0.1) is 5.92 Å². The van der Waals surface area contributed by atoms with Gasteiger partial charge in [-0.3, -0.25) is 4.79 Å². The summed E-state index contributed by atoms with van der Waals surface area (Å²) in [5.74, 6) is -0.741. The van der Waals surface area contributed by atoms with Crippen LogP contribution in [0.3, 0.4) is 0 Å². The molecule has 2 aliphatic carbocycles. The summed E-state index contributed by atoms with van der Waals surface area (Å²) in [5.41, 5.74) is 0. The lowest BCUT2D eigenvalue weighted by atomic mass is 9.85. The zero-order valence-electron chi connectivity index (χ0n) is 15.0. The van der Waals surface area contributed by atoms with E-state index < -0.39 is 12.1 Å². The third-order valence-electron chi connectivity index (χ3n) is 5.10. The molecular formula is C17H29F3N4O. The molecule has 25 heavy (non-hydrogen) atoms. The van der Waals surface area contributed by atoms with Gasteiger partial charge in [0.15, 0.2) is 5.96 Å². The van der Waals surface area contributed by atoms with Gasteiger partial charge in [-0.1, -0.05) is 12.8 Å². The smallest absolute Gasteiger partial charge is 0.354 e. The van der Waals surface area contributed by atoms with E-state index in [1.807, 2.05) is 0 Å². The summed E-state index contributed by atoms with van der Waals surface area (Å²) in [6.45, 7) is 0.0347. The minimum atomic E-state index is -4.10. The third kappa shape index (κ3) is 6.40. The highest BCUT2D eigenvalue weighted by atomic mass is 19.4. The number of halogens is 3. The van der Waals surface area contributed by atoms with Gasteiger partial charge < -0.3 is 15.5 Å². The third-order valence-corrected chi connectivity index (χ3v) is 5.10. The summed E-state index contributed by atoms with van der Waals surface area (Å²) in [7, 11) is 3.35. The number of nitrogens with one attached hydrogen (secondary N) is 2. The van der Waals surface area contributed by atoms with Gasteiger partial charge in [0.2, 0.25) is 5.91 Å². The molecule has 2 fully saturated rings. The highest BCUT2D eigenvalue weighted by molar-refractivity contribution is 5.85. The van der Waals surface area contributed by atoms with Gasteiger partial charge in [-0.15, -0.1) is 0 Å². The minimum absolute atomic E-state index is 0.0271. The molecule has 0 spiro atoms. The predicted molar refractivity (Wildman–Crippen MR) is 91.3 cm³/mol. The Morgan fingerprint density at radius 2 is 1.52 bits per heavy atom. The molecule has 0 aromatic rings. The number of nitrogens with zero attached hydrogens (tertiary/aromatic N) is 2.